The third-order valence-corrected chi connectivity index (χ3v) is 16.0. The lowest BCUT2D eigenvalue weighted by Crippen LogP contribution is -2.79. The molecule has 2 aliphatic heterocycles. The lowest BCUT2D eigenvalue weighted by Gasteiger charge is -2.59. The number of β-lactam (4-membered cyclic amide) rings is 1. The first-order valence-corrected chi connectivity index (χ1v) is 18.3. The molecule has 0 saturated carbocycles. The molecule has 6 nitrogen and oxygen atoms in total. The second kappa shape index (κ2) is 9.78. The van der Waals surface area contributed by atoms with Gasteiger partial charge in [0.05, 0.1) is 18.2 Å². The van der Waals surface area contributed by atoms with E-state index in [1.165, 1.54) is 0 Å². The van der Waals surface area contributed by atoms with Crippen LogP contribution in [0.2, 0.25) is 36.3 Å². The first-order chi connectivity index (χ1) is 15.7. The Balaban J connectivity index is 2.01. The van der Waals surface area contributed by atoms with Gasteiger partial charge >= 0.3 is 6.09 Å². The number of carbonyl (C=O) groups is 2. The van der Waals surface area contributed by atoms with Gasteiger partial charge in [0, 0.05) is 0 Å². The Kier molecular flexibility index (Phi) is 7.75. The number of amides is 2. The van der Waals surface area contributed by atoms with Crippen LogP contribution in [0.25, 0.3) is 0 Å². The van der Waals surface area contributed by atoms with Crippen molar-refractivity contribution >= 4 is 28.6 Å². The van der Waals surface area contributed by atoms with Gasteiger partial charge in [0.15, 0.2) is 8.24 Å². The molecule has 2 saturated heterocycles. The Morgan fingerprint density at radius 1 is 0.912 bits per heavy atom. The molecule has 2 amide bonds. The van der Waals surface area contributed by atoms with Crippen LogP contribution in [-0.2, 0) is 14.0 Å². The fourth-order valence-electron chi connectivity index (χ4n) is 6.49. The van der Waals surface area contributed by atoms with Gasteiger partial charge in [-0.2, -0.15) is 0 Å². The number of hydrogen-bond acceptors (Lipinski definition) is 4. The topological polar surface area (TPSA) is 59.1 Å². The minimum absolute atomic E-state index is 0.0327. The maximum atomic E-state index is 13.7. The van der Waals surface area contributed by atoms with Gasteiger partial charge in [-0.25, -0.2) is 4.79 Å². The molecule has 8 heteroatoms. The molecule has 0 bridgehead atoms. The summed E-state index contributed by atoms with van der Waals surface area (Å²) in [5, 5.41) is 0. The molecule has 0 spiro atoms. The summed E-state index contributed by atoms with van der Waals surface area (Å²) in [5.41, 5.74) is 2.32. The minimum Gasteiger partial charge on any atom is -0.447 e. The van der Waals surface area contributed by atoms with Crippen molar-refractivity contribution in [2.75, 3.05) is 6.61 Å². The Labute approximate surface area is 208 Å². The number of rotatable bonds is 9. The van der Waals surface area contributed by atoms with Gasteiger partial charge in [0.1, 0.15) is 12.6 Å². The zero-order valence-corrected chi connectivity index (χ0v) is 24.7. The van der Waals surface area contributed by atoms with Gasteiger partial charge in [-0.1, -0.05) is 91.5 Å². The highest BCUT2D eigenvalue weighted by molar-refractivity contribution is 6.78. The van der Waals surface area contributed by atoms with E-state index in [-0.39, 0.29) is 30.7 Å². The second-order valence-electron chi connectivity index (χ2n) is 11.9. The molecule has 34 heavy (non-hydrogen) atoms. The van der Waals surface area contributed by atoms with E-state index >= 15 is 0 Å². The predicted molar refractivity (Wildman–Crippen MR) is 142 cm³/mol. The van der Waals surface area contributed by atoms with Gasteiger partial charge in [0.2, 0.25) is 14.2 Å². The van der Waals surface area contributed by atoms with E-state index in [2.05, 4.69) is 72.7 Å². The highest BCUT2D eigenvalue weighted by Crippen LogP contribution is 2.46. The van der Waals surface area contributed by atoms with Gasteiger partial charge in [-0.05, 0) is 29.1 Å². The van der Waals surface area contributed by atoms with Crippen LogP contribution in [0.15, 0.2) is 30.3 Å². The Bertz CT molecular complexity index is 863. The van der Waals surface area contributed by atoms with Crippen LogP contribution in [0.1, 0.15) is 60.1 Å². The number of nitrogens with zero attached hydrogens (tertiary/aromatic N) is 2. The first-order valence-electron chi connectivity index (χ1n) is 12.8. The lowest BCUT2D eigenvalue weighted by atomic mass is 9.91. The summed E-state index contributed by atoms with van der Waals surface area (Å²) in [4.78, 5) is 28.3. The Hall–Kier alpha value is -1.65. The highest BCUT2D eigenvalue weighted by atomic mass is 28.4. The largest absolute Gasteiger partial charge is 0.447 e. The number of carbonyl (C=O) groups excluding carboxylic acids is 2. The van der Waals surface area contributed by atoms with Crippen LogP contribution in [0, 0.1) is 0 Å². The van der Waals surface area contributed by atoms with Crippen molar-refractivity contribution < 1.29 is 18.8 Å². The summed E-state index contributed by atoms with van der Waals surface area (Å²) >= 11 is 0. The summed E-state index contributed by atoms with van der Waals surface area (Å²) in [7, 11) is -4.17. The molecule has 0 aromatic heterocycles. The number of hydrogen-bond donors (Lipinski definition) is 0. The molecule has 0 N–H and O–H groups in total. The molecule has 0 aliphatic carbocycles. The quantitative estimate of drug-likeness (QED) is 0.298. The average Bonchev–Trinajstić information content (AvgIpc) is 3.09. The van der Waals surface area contributed by atoms with Gasteiger partial charge in [-0.3, -0.25) is 9.69 Å². The maximum absolute atomic E-state index is 13.7. The fourth-order valence-corrected chi connectivity index (χ4v) is 14.1. The third kappa shape index (κ3) is 4.49. The zero-order chi connectivity index (χ0) is 25.6. The number of benzene rings is 1. The van der Waals surface area contributed by atoms with Crippen LogP contribution in [0.4, 0.5) is 4.79 Å². The van der Waals surface area contributed by atoms with E-state index in [1.54, 1.807) is 4.90 Å². The standard InChI is InChI=1S/C26H44N2O4Si2/c1-17(2)34(18(3)4,19(5)6)32-20(7)23-24(25(29)28(23)33(8,9)10)27-22(16-31-26(27)30)21-14-12-11-13-15-21/h11-15,17-20,22-24H,16H2,1-10H3/t20-,22+,23+,24+/m0/s1. The molecule has 2 heterocycles. The van der Waals surface area contributed by atoms with Crippen LogP contribution in [0.5, 0.6) is 0 Å². The summed E-state index contributed by atoms with van der Waals surface area (Å²) in [6.45, 7) is 22.6. The molecular weight excluding hydrogens is 460 g/mol. The van der Waals surface area contributed by atoms with Gasteiger partial charge < -0.3 is 13.7 Å². The summed E-state index contributed by atoms with van der Waals surface area (Å²) in [6, 6.07) is 8.90. The lowest BCUT2D eigenvalue weighted by molar-refractivity contribution is -0.155. The third-order valence-electron chi connectivity index (χ3n) is 7.81. The summed E-state index contributed by atoms with van der Waals surface area (Å²) < 4.78 is 14.7. The van der Waals surface area contributed by atoms with Crippen molar-refractivity contribution in [1.29, 1.82) is 0 Å². The van der Waals surface area contributed by atoms with Crippen molar-refractivity contribution in [2.24, 2.45) is 0 Å². The van der Waals surface area contributed by atoms with E-state index in [0.717, 1.165) is 5.56 Å². The molecule has 1 aromatic rings. The smallest absolute Gasteiger partial charge is 0.411 e. The molecule has 3 rings (SSSR count). The monoisotopic (exact) mass is 504 g/mol. The normalized spacial score (nSPS) is 24.8. The highest BCUT2D eigenvalue weighted by Gasteiger charge is 2.61. The molecule has 190 valence electrons. The van der Waals surface area contributed by atoms with Crippen LogP contribution in [0.3, 0.4) is 0 Å². The molecular formula is C26H44N2O4Si2. The minimum atomic E-state index is -2.17. The number of ether oxygens (including phenoxy) is 1. The Morgan fingerprint density at radius 3 is 1.91 bits per heavy atom. The van der Waals surface area contributed by atoms with Gasteiger partial charge in [-0.15, -0.1) is 0 Å². The number of cyclic esters (lactones) is 1. The van der Waals surface area contributed by atoms with E-state index in [1.807, 2.05) is 30.3 Å². The van der Waals surface area contributed by atoms with Crippen LogP contribution in [-0.4, -0.2) is 62.8 Å². The summed E-state index contributed by atoms with van der Waals surface area (Å²) in [5.74, 6) is 0.0327. The average molecular weight is 505 g/mol. The van der Waals surface area contributed by atoms with E-state index in [9.17, 15) is 9.59 Å². The van der Waals surface area contributed by atoms with Crippen molar-refractivity contribution in [3.05, 3.63) is 35.9 Å². The zero-order valence-electron chi connectivity index (χ0n) is 22.7. The SMILES string of the molecule is CC(C)[Si](O[C@@H](C)[C@@H]1[C@@H](N2C(=O)OC[C@@H]2c2ccccc2)C(=O)N1[Si](C)(C)C)(C(C)C)C(C)C. The van der Waals surface area contributed by atoms with Crippen molar-refractivity contribution in [3.63, 3.8) is 0 Å². The maximum Gasteiger partial charge on any atom is 0.411 e. The molecule has 4 atom stereocenters. The first kappa shape index (κ1) is 26.9. The van der Waals surface area contributed by atoms with Crippen molar-refractivity contribution in [1.82, 2.24) is 9.47 Å². The summed E-state index contributed by atoms with van der Waals surface area (Å²) in [6.07, 6.45) is -0.571. The van der Waals surface area contributed by atoms with E-state index in [0.29, 0.717) is 16.6 Å². The van der Waals surface area contributed by atoms with Crippen molar-refractivity contribution in [3.8, 4) is 0 Å². The molecule has 0 radical (unpaired) electrons. The molecule has 2 fully saturated rings. The van der Waals surface area contributed by atoms with E-state index in [4.69, 9.17) is 9.16 Å². The molecule has 1 aromatic carbocycles. The predicted octanol–water partition coefficient (Wildman–Crippen LogP) is 6.17. The van der Waals surface area contributed by atoms with E-state index < -0.39 is 28.7 Å². The van der Waals surface area contributed by atoms with Crippen molar-refractivity contribution in [2.45, 2.75) is 109 Å². The molecule has 0 unspecified atom stereocenters. The Morgan fingerprint density at radius 2 is 1.44 bits per heavy atom. The second-order valence-corrected chi connectivity index (χ2v) is 22.1. The van der Waals surface area contributed by atoms with Crippen LogP contribution < -0.4 is 0 Å². The van der Waals surface area contributed by atoms with Crippen LogP contribution >= 0.6 is 0 Å². The molecule has 2 aliphatic rings. The van der Waals surface area contributed by atoms with Gasteiger partial charge in [0.25, 0.3) is 0 Å². The fraction of sp³-hybridized carbons (Fsp3) is 0.692.